The SMILES string of the molecule is CCN1C=CNC=C1.[HH]. The summed E-state index contributed by atoms with van der Waals surface area (Å²) in [5.74, 6) is 0. The highest BCUT2D eigenvalue weighted by Crippen LogP contribution is 1.92. The van der Waals surface area contributed by atoms with Crippen molar-refractivity contribution in [1.82, 2.24) is 10.2 Å². The normalized spacial score (nSPS) is 16.4. The predicted octanol–water partition coefficient (Wildman–Crippen LogP) is 1.10. The largest absolute Gasteiger partial charge is 0.365 e. The lowest BCUT2D eigenvalue weighted by atomic mass is 10.5. The Morgan fingerprint density at radius 2 is 2.12 bits per heavy atom. The van der Waals surface area contributed by atoms with E-state index in [0.717, 1.165) is 6.54 Å². The van der Waals surface area contributed by atoms with E-state index in [9.17, 15) is 0 Å². The standard InChI is InChI=1S/C6H10N2.H2/c1-2-8-5-3-7-4-6-8;/h3-7H,2H2,1H3;1H. The summed E-state index contributed by atoms with van der Waals surface area (Å²) in [5.41, 5.74) is 0. The van der Waals surface area contributed by atoms with E-state index in [1.54, 1.807) is 0 Å². The fourth-order valence-electron chi connectivity index (χ4n) is 0.594. The monoisotopic (exact) mass is 112 g/mol. The van der Waals surface area contributed by atoms with Gasteiger partial charge in [0.05, 0.1) is 0 Å². The average molecular weight is 112 g/mol. The third-order valence-corrected chi connectivity index (χ3v) is 1.09. The first-order chi connectivity index (χ1) is 3.93. The second kappa shape index (κ2) is 2.40. The molecule has 0 aromatic heterocycles. The Labute approximate surface area is 51.0 Å². The van der Waals surface area contributed by atoms with E-state index in [1.807, 2.05) is 24.8 Å². The van der Waals surface area contributed by atoms with E-state index in [-0.39, 0.29) is 1.43 Å². The van der Waals surface area contributed by atoms with E-state index in [0.29, 0.717) is 0 Å². The van der Waals surface area contributed by atoms with Crippen LogP contribution < -0.4 is 5.32 Å². The van der Waals surface area contributed by atoms with Gasteiger partial charge in [-0.3, -0.25) is 0 Å². The molecule has 0 unspecified atom stereocenters. The molecule has 0 atom stereocenters. The Bertz CT molecular complexity index is 108. The molecule has 0 aliphatic carbocycles. The molecule has 0 aromatic carbocycles. The molecule has 1 aliphatic rings. The molecular formula is C6H12N2. The lowest BCUT2D eigenvalue weighted by Gasteiger charge is -2.14. The zero-order valence-electron chi connectivity index (χ0n) is 4.96. The van der Waals surface area contributed by atoms with E-state index in [1.165, 1.54) is 0 Å². The van der Waals surface area contributed by atoms with Crippen molar-refractivity contribution in [2.24, 2.45) is 0 Å². The number of hydrogen-bond acceptors (Lipinski definition) is 2. The molecule has 0 spiro atoms. The van der Waals surface area contributed by atoms with Gasteiger partial charge in [-0.25, -0.2) is 0 Å². The first kappa shape index (κ1) is 5.22. The van der Waals surface area contributed by atoms with E-state index >= 15 is 0 Å². The first-order valence-corrected chi connectivity index (χ1v) is 2.78. The van der Waals surface area contributed by atoms with Gasteiger partial charge in [0, 0.05) is 32.8 Å². The van der Waals surface area contributed by atoms with E-state index < -0.39 is 0 Å². The van der Waals surface area contributed by atoms with Gasteiger partial charge in [-0.1, -0.05) is 0 Å². The zero-order valence-corrected chi connectivity index (χ0v) is 4.96. The molecule has 0 fully saturated rings. The van der Waals surface area contributed by atoms with Crippen LogP contribution in [0.25, 0.3) is 0 Å². The van der Waals surface area contributed by atoms with Crippen molar-refractivity contribution in [3.63, 3.8) is 0 Å². The Morgan fingerprint density at radius 1 is 1.50 bits per heavy atom. The maximum absolute atomic E-state index is 2.95. The predicted molar refractivity (Wildman–Crippen MR) is 35.9 cm³/mol. The Balaban J connectivity index is 0.000000640. The molecule has 0 bridgehead atoms. The summed E-state index contributed by atoms with van der Waals surface area (Å²) in [6.07, 6.45) is 7.81. The third kappa shape index (κ3) is 1.03. The van der Waals surface area contributed by atoms with Gasteiger partial charge in [0.1, 0.15) is 0 Å². The third-order valence-electron chi connectivity index (χ3n) is 1.09. The molecule has 8 heavy (non-hydrogen) atoms. The summed E-state index contributed by atoms with van der Waals surface area (Å²) in [6.45, 7) is 3.15. The van der Waals surface area contributed by atoms with Crippen LogP contribution in [-0.2, 0) is 0 Å². The molecule has 46 valence electrons. The molecule has 0 saturated carbocycles. The summed E-state index contributed by atoms with van der Waals surface area (Å²) in [6, 6.07) is 0. The number of nitrogens with one attached hydrogen (secondary N) is 1. The summed E-state index contributed by atoms with van der Waals surface area (Å²) in [7, 11) is 0. The van der Waals surface area contributed by atoms with Crippen LogP contribution in [0.2, 0.25) is 0 Å². The molecule has 0 aromatic rings. The number of rotatable bonds is 1. The quantitative estimate of drug-likeness (QED) is 0.546. The minimum absolute atomic E-state index is 0. The smallest absolute Gasteiger partial charge is 0.0195 e. The maximum Gasteiger partial charge on any atom is 0.0195 e. The summed E-state index contributed by atoms with van der Waals surface area (Å²) < 4.78 is 0. The second-order valence-electron chi connectivity index (χ2n) is 1.63. The van der Waals surface area contributed by atoms with Gasteiger partial charge in [-0.05, 0) is 6.92 Å². The second-order valence-corrected chi connectivity index (χ2v) is 1.63. The number of hydrogen-bond donors (Lipinski definition) is 1. The van der Waals surface area contributed by atoms with E-state index in [4.69, 9.17) is 0 Å². The minimum atomic E-state index is 0. The average Bonchev–Trinajstić information content (AvgIpc) is 1.90. The van der Waals surface area contributed by atoms with Crippen LogP contribution in [-0.4, -0.2) is 11.4 Å². The number of nitrogens with zero attached hydrogens (tertiary/aromatic N) is 1. The summed E-state index contributed by atoms with van der Waals surface area (Å²) >= 11 is 0. The molecule has 1 heterocycles. The molecule has 0 amide bonds. The maximum atomic E-state index is 2.95. The fraction of sp³-hybridized carbons (Fsp3) is 0.333. The molecule has 2 heteroatoms. The van der Waals surface area contributed by atoms with Gasteiger partial charge in [-0.2, -0.15) is 0 Å². The van der Waals surface area contributed by atoms with Crippen molar-refractivity contribution in [1.29, 1.82) is 0 Å². The van der Waals surface area contributed by atoms with Crippen molar-refractivity contribution in [2.75, 3.05) is 6.54 Å². The lowest BCUT2D eigenvalue weighted by molar-refractivity contribution is 0.523. The topological polar surface area (TPSA) is 15.3 Å². The van der Waals surface area contributed by atoms with Crippen LogP contribution in [0.5, 0.6) is 0 Å². The van der Waals surface area contributed by atoms with Gasteiger partial charge < -0.3 is 10.2 Å². The molecule has 1 N–H and O–H groups in total. The van der Waals surface area contributed by atoms with Gasteiger partial charge in [0.2, 0.25) is 0 Å². The van der Waals surface area contributed by atoms with Gasteiger partial charge >= 0.3 is 0 Å². The van der Waals surface area contributed by atoms with Gasteiger partial charge in [0.15, 0.2) is 0 Å². The van der Waals surface area contributed by atoms with Crippen LogP contribution >= 0.6 is 0 Å². The van der Waals surface area contributed by atoms with Crippen LogP contribution in [0.3, 0.4) is 0 Å². The fourth-order valence-corrected chi connectivity index (χ4v) is 0.594. The van der Waals surface area contributed by atoms with Crippen LogP contribution in [0.1, 0.15) is 8.35 Å². The molecule has 1 aliphatic heterocycles. The Morgan fingerprint density at radius 3 is 2.50 bits per heavy atom. The minimum Gasteiger partial charge on any atom is -0.365 e. The van der Waals surface area contributed by atoms with Crippen LogP contribution in [0.15, 0.2) is 24.8 Å². The van der Waals surface area contributed by atoms with Crippen molar-refractivity contribution >= 4 is 0 Å². The van der Waals surface area contributed by atoms with Crippen LogP contribution in [0, 0.1) is 0 Å². The summed E-state index contributed by atoms with van der Waals surface area (Å²) in [5, 5.41) is 2.95. The zero-order chi connectivity index (χ0) is 5.82. The van der Waals surface area contributed by atoms with Crippen molar-refractivity contribution in [3.8, 4) is 0 Å². The molecular weight excluding hydrogens is 100 g/mol. The highest BCUT2D eigenvalue weighted by Gasteiger charge is 1.88. The first-order valence-electron chi connectivity index (χ1n) is 2.78. The van der Waals surface area contributed by atoms with Crippen molar-refractivity contribution in [2.45, 2.75) is 6.92 Å². The summed E-state index contributed by atoms with van der Waals surface area (Å²) in [4.78, 5) is 2.09. The van der Waals surface area contributed by atoms with Gasteiger partial charge in [0.25, 0.3) is 0 Å². The van der Waals surface area contributed by atoms with Crippen molar-refractivity contribution in [3.05, 3.63) is 24.8 Å². The molecule has 2 nitrogen and oxygen atoms in total. The lowest BCUT2D eigenvalue weighted by Crippen LogP contribution is -2.14. The Hall–Kier alpha value is -0.920. The molecule has 0 radical (unpaired) electrons. The van der Waals surface area contributed by atoms with E-state index in [2.05, 4.69) is 17.1 Å². The van der Waals surface area contributed by atoms with Crippen molar-refractivity contribution < 1.29 is 1.43 Å². The highest BCUT2D eigenvalue weighted by molar-refractivity contribution is 4.97. The highest BCUT2D eigenvalue weighted by atomic mass is 15.1. The molecule has 0 saturated heterocycles. The molecule has 1 rings (SSSR count). The van der Waals surface area contributed by atoms with Crippen LogP contribution in [0.4, 0.5) is 0 Å². The van der Waals surface area contributed by atoms with Gasteiger partial charge in [-0.15, -0.1) is 0 Å². The Kier molecular flexibility index (Phi) is 1.57.